The summed E-state index contributed by atoms with van der Waals surface area (Å²) >= 11 is 0. The summed E-state index contributed by atoms with van der Waals surface area (Å²) in [6, 6.07) is 14.1. The zero-order chi connectivity index (χ0) is 20.8. The van der Waals surface area contributed by atoms with Gasteiger partial charge in [0.25, 0.3) is 0 Å². The third-order valence-electron chi connectivity index (χ3n) is 5.16. The van der Waals surface area contributed by atoms with Crippen molar-refractivity contribution in [1.82, 2.24) is 10.2 Å². The first-order chi connectivity index (χ1) is 13.9. The first-order valence-corrected chi connectivity index (χ1v) is 10.00. The molecule has 29 heavy (non-hydrogen) atoms. The maximum Gasteiger partial charge on any atom is 0.313 e. The lowest BCUT2D eigenvalue weighted by Crippen LogP contribution is -2.44. The molecule has 6 heteroatoms. The van der Waals surface area contributed by atoms with E-state index in [1.165, 1.54) is 0 Å². The normalized spacial score (nSPS) is 17.0. The molecule has 0 aliphatic carbocycles. The number of hydrogen-bond donors (Lipinski definition) is 2. The van der Waals surface area contributed by atoms with E-state index in [-0.39, 0.29) is 6.10 Å². The number of anilines is 1. The van der Waals surface area contributed by atoms with Gasteiger partial charge in [-0.15, -0.1) is 0 Å². The predicted molar refractivity (Wildman–Crippen MR) is 114 cm³/mol. The van der Waals surface area contributed by atoms with E-state index in [1.807, 2.05) is 51.1 Å². The largest absolute Gasteiger partial charge is 0.371 e. The van der Waals surface area contributed by atoms with Crippen LogP contribution in [-0.4, -0.2) is 49.5 Å². The number of morpholine rings is 1. The second kappa shape index (κ2) is 9.67. The van der Waals surface area contributed by atoms with E-state index in [0.29, 0.717) is 25.4 Å². The fraction of sp³-hybridized carbons (Fsp3) is 0.391. The van der Waals surface area contributed by atoms with Crippen molar-refractivity contribution in [2.75, 3.05) is 38.1 Å². The predicted octanol–water partition coefficient (Wildman–Crippen LogP) is 2.74. The molecule has 3 rings (SSSR count). The first-order valence-electron chi connectivity index (χ1n) is 10.00. The molecule has 1 atom stereocenters. The molecule has 2 N–H and O–H groups in total. The number of carbonyl (C=O) groups is 2. The third kappa shape index (κ3) is 5.65. The molecule has 1 fully saturated rings. The Labute approximate surface area is 172 Å². The Kier molecular flexibility index (Phi) is 7.01. The highest BCUT2D eigenvalue weighted by Gasteiger charge is 2.22. The lowest BCUT2D eigenvalue weighted by molar-refractivity contribution is -0.136. The van der Waals surface area contributed by atoms with Crippen molar-refractivity contribution in [1.29, 1.82) is 0 Å². The van der Waals surface area contributed by atoms with Crippen molar-refractivity contribution in [3.05, 3.63) is 64.7 Å². The van der Waals surface area contributed by atoms with Crippen LogP contribution < -0.4 is 10.6 Å². The highest BCUT2D eigenvalue weighted by Crippen LogP contribution is 2.22. The van der Waals surface area contributed by atoms with Crippen LogP contribution >= 0.6 is 0 Å². The van der Waals surface area contributed by atoms with Crippen LogP contribution in [0.2, 0.25) is 0 Å². The van der Waals surface area contributed by atoms with Gasteiger partial charge in [0, 0.05) is 31.9 Å². The fourth-order valence-electron chi connectivity index (χ4n) is 3.73. The molecule has 2 aromatic carbocycles. The number of benzene rings is 2. The van der Waals surface area contributed by atoms with Crippen LogP contribution in [0.1, 0.15) is 28.4 Å². The number of rotatable bonds is 5. The van der Waals surface area contributed by atoms with Gasteiger partial charge in [-0.3, -0.25) is 14.5 Å². The third-order valence-corrected chi connectivity index (χ3v) is 5.16. The molecule has 0 radical (unpaired) electrons. The minimum Gasteiger partial charge on any atom is -0.371 e. The molecule has 1 aliphatic rings. The number of hydrogen-bond acceptors (Lipinski definition) is 4. The first kappa shape index (κ1) is 21.0. The molecule has 0 bridgehead atoms. The molecule has 154 valence electrons. The molecular weight excluding hydrogens is 366 g/mol. The zero-order valence-corrected chi connectivity index (χ0v) is 17.3. The monoisotopic (exact) mass is 395 g/mol. The van der Waals surface area contributed by atoms with E-state index in [9.17, 15) is 9.59 Å². The van der Waals surface area contributed by atoms with Gasteiger partial charge in [-0.2, -0.15) is 0 Å². The number of aryl methyl sites for hydroxylation is 3. The van der Waals surface area contributed by atoms with Crippen molar-refractivity contribution in [2.24, 2.45) is 0 Å². The van der Waals surface area contributed by atoms with Crippen LogP contribution in [0.5, 0.6) is 0 Å². The number of amides is 2. The van der Waals surface area contributed by atoms with E-state index in [4.69, 9.17) is 4.74 Å². The number of nitrogens with zero attached hydrogens (tertiary/aromatic N) is 1. The lowest BCUT2D eigenvalue weighted by atomic mass is 10.1. The van der Waals surface area contributed by atoms with Crippen molar-refractivity contribution in [3.63, 3.8) is 0 Å². The summed E-state index contributed by atoms with van der Waals surface area (Å²) in [5.41, 5.74) is 4.88. The van der Waals surface area contributed by atoms with Crippen LogP contribution in [0, 0.1) is 20.8 Å². The molecule has 0 aromatic heterocycles. The smallest absolute Gasteiger partial charge is 0.313 e. The van der Waals surface area contributed by atoms with Crippen molar-refractivity contribution in [2.45, 2.75) is 26.9 Å². The zero-order valence-electron chi connectivity index (χ0n) is 17.3. The van der Waals surface area contributed by atoms with Crippen LogP contribution in [0.25, 0.3) is 0 Å². The molecular formula is C23H29N3O3. The molecule has 0 spiro atoms. The Morgan fingerprint density at radius 3 is 2.45 bits per heavy atom. The van der Waals surface area contributed by atoms with Crippen LogP contribution in [0.3, 0.4) is 0 Å². The highest BCUT2D eigenvalue weighted by molar-refractivity contribution is 6.39. The summed E-state index contributed by atoms with van der Waals surface area (Å²) in [6.07, 6.45) is 0.0384. The van der Waals surface area contributed by atoms with E-state index in [2.05, 4.69) is 27.7 Å². The second-order valence-electron chi connectivity index (χ2n) is 7.55. The van der Waals surface area contributed by atoms with Gasteiger partial charge in [-0.05, 0) is 37.5 Å². The topological polar surface area (TPSA) is 70.7 Å². The molecule has 0 saturated carbocycles. The van der Waals surface area contributed by atoms with E-state index < -0.39 is 11.8 Å². The number of nitrogens with one attached hydrogen (secondary N) is 2. The molecule has 1 heterocycles. The van der Waals surface area contributed by atoms with E-state index >= 15 is 0 Å². The van der Waals surface area contributed by atoms with Gasteiger partial charge in [0.1, 0.15) is 0 Å². The van der Waals surface area contributed by atoms with Gasteiger partial charge < -0.3 is 15.4 Å². The van der Waals surface area contributed by atoms with Gasteiger partial charge in [-0.1, -0.05) is 48.0 Å². The average Bonchev–Trinajstić information content (AvgIpc) is 2.71. The molecule has 1 aliphatic heterocycles. The fourth-order valence-corrected chi connectivity index (χ4v) is 3.73. The Morgan fingerprint density at radius 1 is 1.07 bits per heavy atom. The summed E-state index contributed by atoms with van der Waals surface area (Å²) in [7, 11) is 0. The lowest BCUT2D eigenvalue weighted by Gasteiger charge is -2.33. The average molecular weight is 396 g/mol. The molecule has 1 unspecified atom stereocenters. The molecule has 6 nitrogen and oxygen atoms in total. The summed E-state index contributed by atoms with van der Waals surface area (Å²) < 4.78 is 5.86. The van der Waals surface area contributed by atoms with Crippen LogP contribution in [0.4, 0.5) is 5.69 Å². The summed E-state index contributed by atoms with van der Waals surface area (Å²) in [5.74, 6) is -1.25. The SMILES string of the molecule is Cc1cc(C)c(NC(=O)C(=O)NCCN2CCOC(c3ccccc3)C2)c(C)c1. The van der Waals surface area contributed by atoms with E-state index in [1.54, 1.807) is 0 Å². The quantitative estimate of drug-likeness (QED) is 0.764. The van der Waals surface area contributed by atoms with Gasteiger partial charge >= 0.3 is 11.8 Å². The molecule has 1 saturated heterocycles. The van der Waals surface area contributed by atoms with Crippen LogP contribution in [0.15, 0.2) is 42.5 Å². The van der Waals surface area contributed by atoms with Gasteiger partial charge in [-0.25, -0.2) is 0 Å². The van der Waals surface area contributed by atoms with Gasteiger partial charge in [0.05, 0.1) is 12.7 Å². The molecule has 2 aromatic rings. The second-order valence-corrected chi connectivity index (χ2v) is 7.55. The van der Waals surface area contributed by atoms with Crippen LogP contribution in [-0.2, 0) is 14.3 Å². The van der Waals surface area contributed by atoms with Gasteiger partial charge in [0.2, 0.25) is 0 Å². The van der Waals surface area contributed by atoms with Crippen molar-refractivity contribution in [3.8, 4) is 0 Å². The number of ether oxygens (including phenoxy) is 1. The minimum absolute atomic E-state index is 0.0384. The standard InChI is InChI=1S/C23H29N3O3/c1-16-13-17(2)21(18(3)14-16)25-23(28)22(27)24-9-10-26-11-12-29-20(15-26)19-7-5-4-6-8-19/h4-8,13-14,20H,9-12,15H2,1-3H3,(H,24,27)(H,25,28). The summed E-state index contributed by atoms with van der Waals surface area (Å²) in [4.78, 5) is 26.7. The molecule has 2 amide bonds. The minimum atomic E-state index is -0.635. The maximum atomic E-state index is 12.3. The summed E-state index contributed by atoms with van der Waals surface area (Å²) in [5, 5.41) is 5.46. The highest BCUT2D eigenvalue weighted by atomic mass is 16.5. The Balaban J connectivity index is 1.46. The Morgan fingerprint density at radius 2 is 1.76 bits per heavy atom. The van der Waals surface area contributed by atoms with E-state index in [0.717, 1.165) is 35.3 Å². The summed E-state index contributed by atoms with van der Waals surface area (Å²) in [6.45, 7) is 9.19. The van der Waals surface area contributed by atoms with Gasteiger partial charge in [0.15, 0.2) is 0 Å². The Bertz CT molecular complexity index is 844. The van der Waals surface area contributed by atoms with Crippen molar-refractivity contribution < 1.29 is 14.3 Å². The van der Waals surface area contributed by atoms with Crippen molar-refractivity contribution >= 4 is 17.5 Å². The Hall–Kier alpha value is -2.70. The maximum absolute atomic E-state index is 12.3. The number of carbonyl (C=O) groups excluding carboxylic acids is 2.